The lowest BCUT2D eigenvalue weighted by Crippen LogP contribution is -2.47. The Hall–Kier alpha value is -1.16. The zero-order valence-corrected chi connectivity index (χ0v) is 11.5. The second-order valence-corrected chi connectivity index (χ2v) is 6.53. The molecule has 4 heteroatoms. The van der Waals surface area contributed by atoms with Crippen LogP contribution in [0.3, 0.4) is 0 Å². The first-order chi connectivity index (χ1) is 8.87. The number of allylic oxidation sites excluding steroid dienone is 2. The van der Waals surface area contributed by atoms with E-state index in [9.17, 15) is 14.7 Å². The Morgan fingerprint density at radius 3 is 2.74 bits per heavy atom. The van der Waals surface area contributed by atoms with E-state index in [1.165, 1.54) is 0 Å². The Kier molecular flexibility index (Phi) is 2.65. The highest BCUT2D eigenvalue weighted by atomic mass is 16.6. The fraction of sp³-hybridized carbons (Fsp3) is 0.733. The van der Waals surface area contributed by atoms with Crippen molar-refractivity contribution >= 4 is 11.8 Å². The molecule has 0 amide bonds. The quantitative estimate of drug-likeness (QED) is 0.670. The van der Waals surface area contributed by atoms with E-state index in [-0.39, 0.29) is 41.5 Å². The van der Waals surface area contributed by atoms with Crippen molar-refractivity contribution in [2.24, 2.45) is 29.1 Å². The zero-order chi connectivity index (χ0) is 13.9. The molecule has 1 N–H and O–H groups in total. The van der Waals surface area contributed by atoms with E-state index in [4.69, 9.17) is 4.74 Å². The van der Waals surface area contributed by atoms with E-state index >= 15 is 0 Å². The molecule has 1 aliphatic heterocycles. The van der Waals surface area contributed by atoms with E-state index in [2.05, 4.69) is 6.92 Å². The molecule has 104 valence electrons. The van der Waals surface area contributed by atoms with Crippen LogP contribution in [0.2, 0.25) is 0 Å². The number of ketones is 1. The van der Waals surface area contributed by atoms with Crippen molar-refractivity contribution in [2.45, 2.75) is 39.4 Å². The first-order valence-electron chi connectivity index (χ1n) is 6.98. The number of aliphatic hydroxyl groups is 1. The number of esters is 1. The number of hydrogen-bond acceptors (Lipinski definition) is 4. The van der Waals surface area contributed by atoms with Gasteiger partial charge < -0.3 is 9.84 Å². The van der Waals surface area contributed by atoms with Crippen LogP contribution >= 0.6 is 0 Å². The van der Waals surface area contributed by atoms with E-state index in [1.54, 1.807) is 13.0 Å². The van der Waals surface area contributed by atoms with Crippen LogP contribution in [0.25, 0.3) is 0 Å². The second-order valence-electron chi connectivity index (χ2n) is 6.53. The van der Waals surface area contributed by atoms with Crippen LogP contribution in [0.15, 0.2) is 12.2 Å². The molecule has 1 heterocycles. The Morgan fingerprint density at radius 1 is 1.37 bits per heavy atom. The lowest BCUT2D eigenvalue weighted by atomic mass is 9.67. The molecule has 1 saturated carbocycles. The van der Waals surface area contributed by atoms with E-state index in [0.717, 1.165) is 6.42 Å². The van der Waals surface area contributed by atoms with Crippen LogP contribution in [0.4, 0.5) is 0 Å². The maximum absolute atomic E-state index is 12.2. The number of fused-ring (bicyclic) bond motifs is 2. The first kappa shape index (κ1) is 12.9. The van der Waals surface area contributed by atoms with E-state index < -0.39 is 11.5 Å². The molecule has 0 unspecified atom stereocenters. The summed E-state index contributed by atoms with van der Waals surface area (Å²) in [4.78, 5) is 24.0. The number of hydrogen-bond donors (Lipinski definition) is 1. The molecular formula is C15H20O4. The molecule has 0 spiro atoms. The second kappa shape index (κ2) is 3.92. The number of carbonyl (C=O) groups is 2. The monoisotopic (exact) mass is 264 g/mol. The third-order valence-electron chi connectivity index (χ3n) is 5.52. The van der Waals surface area contributed by atoms with Gasteiger partial charge in [-0.25, -0.2) is 0 Å². The minimum atomic E-state index is -0.823. The summed E-state index contributed by atoms with van der Waals surface area (Å²) in [5.41, 5.74) is -0.804. The van der Waals surface area contributed by atoms with Gasteiger partial charge in [0.15, 0.2) is 5.78 Å². The van der Waals surface area contributed by atoms with Gasteiger partial charge >= 0.3 is 5.97 Å². The van der Waals surface area contributed by atoms with Gasteiger partial charge in [0.25, 0.3) is 0 Å². The summed E-state index contributed by atoms with van der Waals surface area (Å²) in [6, 6.07) is 0. The normalized spacial score (nSPS) is 52.6. The number of aliphatic hydroxyl groups excluding tert-OH is 1. The zero-order valence-electron chi connectivity index (χ0n) is 11.5. The van der Waals surface area contributed by atoms with Gasteiger partial charge in [-0.15, -0.1) is 0 Å². The SMILES string of the molecule is C[C@@H]1C[C@H]2OC(=O)[C@H](C)[C@H]2[C@H](O)[C@]2(C)C(=O)C=C[C@@H]12. The summed E-state index contributed by atoms with van der Waals surface area (Å²) < 4.78 is 5.41. The average molecular weight is 264 g/mol. The van der Waals surface area contributed by atoms with Gasteiger partial charge in [0.2, 0.25) is 0 Å². The van der Waals surface area contributed by atoms with Gasteiger partial charge in [-0.1, -0.05) is 19.9 Å². The van der Waals surface area contributed by atoms with Crippen LogP contribution in [0, 0.1) is 29.1 Å². The third-order valence-corrected chi connectivity index (χ3v) is 5.52. The molecule has 3 aliphatic rings. The molecule has 2 fully saturated rings. The average Bonchev–Trinajstić information content (AvgIpc) is 2.77. The van der Waals surface area contributed by atoms with Gasteiger partial charge in [-0.2, -0.15) is 0 Å². The van der Waals surface area contributed by atoms with Crippen molar-refractivity contribution in [2.75, 3.05) is 0 Å². The maximum atomic E-state index is 12.2. The molecular weight excluding hydrogens is 244 g/mol. The maximum Gasteiger partial charge on any atom is 0.309 e. The van der Waals surface area contributed by atoms with Gasteiger partial charge in [0.05, 0.1) is 17.4 Å². The minimum Gasteiger partial charge on any atom is -0.462 e. The molecule has 0 bridgehead atoms. The number of rotatable bonds is 0. The van der Waals surface area contributed by atoms with Crippen molar-refractivity contribution in [3.05, 3.63) is 12.2 Å². The van der Waals surface area contributed by atoms with Gasteiger partial charge in [0, 0.05) is 5.92 Å². The van der Waals surface area contributed by atoms with Crippen molar-refractivity contribution in [3.8, 4) is 0 Å². The lowest BCUT2D eigenvalue weighted by molar-refractivity contribution is -0.144. The Balaban J connectivity index is 2.06. The molecule has 4 nitrogen and oxygen atoms in total. The van der Waals surface area contributed by atoms with E-state index in [0.29, 0.717) is 0 Å². The highest BCUT2D eigenvalue weighted by Crippen LogP contribution is 2.53. The summed E-state index contributed by atoms with van der Waals surface area (Å²) in [5, 5.41) is 10.8. The summed E-state index contributed by atoms with van der Waals surface area (Å²) in [7, 11) is 0. The predicted octanol–water partition coefficient (Wildman–Crippen LogP) is 1.33. The number of ether oxygens (including phenoxy) is 1. The molecule has 19 heavy (non-hydrogen) atoms. The third kappa shape index (κ3) is 1.49. The van der Waals surface area contributed by atoms with E-state index in [1.807, 2.05) is 13.0 Å². The molecule has 0 aromatic heterocycles. The van der Waals surface area contributed by atoms with Crippen molar-refractivity contribution in [1.29, 1.82) is 0 Å². The largest absolute Gasteiger partial charge is 0.462 e. The molecule has 7 atom stereocenters. The lowest BCUT2D eigenvalue weighted by Gasteiger charge is -2.37. The Bertz CT molecular complexity index is 469. The summed E-state index contributed by atoms with van der Waals surface area (Å²) in [6.07, 6.45) is 3.15. The highest BCUT2D eigenvalue weighted by molar-refractivity contribution is 5.98. The molecule has 0 radical (unpaired) electrons. The standard InChI is InChI=1S/C15H20O4/c1-7-6-10-12(8(2)14(18)19-10)13(17)15(3)9(7)4-5-11(15)16/h4-5,7-10,12-13,17H,6H2,1-3H3/t7-,8-,9+,10-,12-,13+,15+/m1/s1. The summed E-state index contributed by atoms with van der Waals surface area (Å²) in [5.74, 6) is -0.627. The summed E-state index contributed by atoms with van der Waals surface area (Å²) in [6.45, 7) is 5.69. The molecule has 2 aliphatic carbocycles. The fourth-order valence-electron chi connectivity index (χ4n) is 4.27. The first-order valence-corrected chi connectivity index (χ1v) is 6.98. The minimum absolute atomic E-state index is 0.0240. The van der Waals surface area contributed by atoms with Crippen LogP contribution in [0.1, 0.15) is 27.2 Å². The smallest absolute Gasteiger partial charge is 0.309 e. The topological polar surface area (TPSA) is 63.6 Å². The molecule has 0 aromatic rings. The predicted molar refractivity (Wildman–Crippen MR) is 68.1 cm³/mol. The Morgan fingerprint density at radius 2 is 2.05 bits per heavy atom. The fourth-order valence-corrected chi connectivity index (χ4v) is 4.27. The molecule has 3 rings (SSSR count). The van der Waals surface area contributed by atoms with Gasteiger partial charge in [-0.3, -0.25) is 9.59 Å². The number of carbonyl (C=O) groups excluding carboxylic acids is 2. The highest BCUT2D eigenvalue weighted by Gasteiger charge is 2.60. The van der Waals surface area contributed by atoms with Crippen molar-refractivity contribution in [3.63, 3.8) is 0 Å². The van der Waals surface area contributed by atoms with Gasteiger partial charge in [-0.05, 0) is 31.3 Å². The van der Waals surface area contributed by atoms with Crippen LogP contribution in [0.5, 0.6) is 0 Å². The van der Waals surface area contributed by atoms with Crippen molar-refractivity contribution in [1.82, 2.24) is 0 Å². The van der Waals surface area contributed by atoms with Gasteiger partial charge in [0.1, 0.15) is 6.10 Å². The molecule has 1 saturated heterocycles. The van der Waals surface area contributed by atoms with Crippen LogP contribution in [-0.2, 0) is 14.3 Å². The summed E-state index contributed by atoms with van der Waals surface area (Å²) >= 11 is 0. The van der Waals surface area contributed by atoms with Crippen molar-refractivity contribution < 1.29 is 19.4 Å². The van der Waals surface area contributed by atoms with Crippen LogP contribution < -0.4 is 0 Å². The Labute approximate surface area is 112 Å². The van der Waals surface area contributed by atoms with Crippen LogP contribution in [-0.4, -0.2) is 29.1 Å². The molecule has 0 aromatic carbocycles.